The maximum atomic E-state index is 12.7. The zero-order chi connectivity index (χ0) is 21.1. The molecule has 0 aliphatic rings. The van der Waals surface area contributed by atoms with Crippen LogP contribution in [0, 0.1) is 3.57 Å². The minimum atomic E-state index is -0.203. The molecule has 0 spiro atoms. The number of carbonyl (C=O) groups excluding carboxylic acids is 1. The lowest BCUT2D eigenvalue weighted by molar-refractivity contribution is 0.102. The van der Waals surface area contributed by atoms with E-state index in [0.29, 0.717) is 34.0 Å². The monoisotopic (exact) mass is 512 g/mol. The zero-order valence-electron chi connectivity index (χ0n) is 16.7. The van der Waals surface area contributed by atoms with Crippen LogP contribution in [0.3, 0.4) is 0 Å². The van der Waals surface area contributed by atoms with Crippen LogP contribution in [0.2, 0.25) is 0 Å². The first kappa shape index (κ1) is 20.4. The summed E-state index contributed by atoms with van der Waals surface area (Å²) < 4.78 is 12.8. The van der Waals surface area contributed by atoms with Crippen molar-refractivity contribution in [2.75, 3.05) is 5.32 Å². The summed E-state index contributed by atoms with van der Waals surface area (Å²) in [6.45, 7) is 4.07. The van der Waals surface area contributed by atoms with Crippen LogP contribution in [0.25, 0.3) is 22.6 Å². The second-order valence-corrected chi connectivity index (χ2v) is 8.28. The Bertz CT molecular complexity index is 1200. The normalized spacial score (nSPS) is 12.0. The van der Waals surface area contributed by atoms with Crippen molar-refractivity contribution in [1.82, 2.24) is 4.98 Å². The summed E-state index contributed by atoms with van der Waals surface area (Å²) >= 11 is 2.26. The number of halogens is 1. The highest BCUT2D eigenvalue weighted by molar-refractivity contribution is 14.1. The molecule has 5 nitrogen and oxygen atoms in total. The van der Waals surface area contributed by atoms with Crippen molar-refractivity contribution in [2.45, 2.75) is 26.4 Å². The van der Waals surface area contributed by atoms with Gasteiger partial charge in [0.15, 0.2) is 5.58 Å². The Balaban J connectivity index is 1.54. The van der Waals surface area contributed by atoms with Crippen LogP contribution in [0.4, 0.5) is 5.69 Å². The third kappa shape index (κ3) is 4.64. The Morgan fingerprint density at radius 1 is 1.13 bits per heavy atom. The van der Waals surface area contributed by atoms with Gasteiger partial charge in [0, 0.05) is 20.4 Å². The molecule has 0 aliphatic carbocycles. The Morgan fingerprint density at radius 2 is 1.97 bits per heavy atom. The average Bonchev–Trinajstić information content (AvgIpc) is 3.17. The second-order valence-electron chi connectivity index (χ2n) is 7.03. The predicted molar refractivity (Wildman–Crippen MR) is 127 cm³/mol. The van der Waals surface area contributed by atoms with Gasteiger partial charge in [0.1, 0.15) is 11.3 Å². The molecular formula is C24H21IN2O3. The van der Waals surface area contributed by atoms with E-state index in [1.165, 1.54) is 0 Å². The van der Waals surface area contributed by atoms with E-state index < -0.39 is 0 Å². The number of aromatic nitrogens is 1. The van der Waals surface area contributed by atoms with Crippen LogP contribution in [0.1, 0.15) is 30.6 Å². The molecule has 152 valence electrons. The number of hydrogen-bond donors (Lipinski definition) is 1. The summed E-state index contributed by atoms with van der Waals surface area (Å²) in [5.41, 5.74) is 3.47. The van der Waals surface area contributed by atoms with E-state index in [2.05, 4.69) is 39.8 Å². The summed E-state index contributed by atoms with van der Waals surface area (Å²) in [4.78, 5) is 17.3. The number of benzene rings is 3. The van der Waals surface area contributed by atoms with Gasteiger partial charge in [0.2, 0.25) is 5.89 Å². The topological polar surface area (TPSA) is 64.4 Å². The molecule has 1 heterocycles. The highest BCUT2D eigenvalue weighted by Crippen LogP contribution is 2.27. The lowest BCUT2D eigenvalue weighted by Gasteiger charge is -2.13. The van der Waals surface area contributed by atoms with Gasteiger partial charge in [-0.15, -0.1) is 0 Å². The number of amides is 1. The predicted octanol–water partition coefficient (Wildman–Crippen LogP) is 6.53. The second kappa shape index (κ2) is 8.87. The van der Waals surface area contributed by atoms with Crippen LogP contribution in [-0.4, -0.2) is 17.0 Å². The largest absolute Gasteiger partial charge is 0.491 e. The summed E-state index contributed by atoms with van der Waals surface area (Å²) in [7, 11) is 0. The molecule has 4 aromatic rings. The molecule has 0 radical (unpaired) electrons. The maximum Gasteiger partial charge on any atom is 0.255 e. The van der Waals surface area contributed by atoms with Crippen LogP contribution >= 0.6 is 22.6 Å². The van der Waals surface area contributed by atoms with Crippen LogP contribution in [0.15, 0.2) is 71.1 Å². The summed E-state index contributed by atoms with van der Waals surface area (Å²) in [5, 5.41) is 2.93. The van der Waals surface area contributed by atoms with Crippen molar-refractivity contribution in [1.29, 1.82) is 0 Å². The molecule has 3 aromatic carbocycles. The fourth-order valence-corrected chi connectivity index (χ4v) is 3.52. The SMILES string of the molecule is CCC(C)Oc1cccc(C(=O)Nc2ccc3oc(-c4cccc(I)c4)nc3c2)c1. The number of rotatable bonds is 6. The molecule has 30 heavy (non-hydrogen) atoms. The minimum Gasteiger partial charge on any atom is -0.491 e. The van der Waals surface area contributed by atoms with E-state index in [1.807, 2.05) is 61.5 Å². The average molecular weight is 512 g/mol. The third-order valence-corrected chi connectivity index (χ3v) is 5.40. The molecule has 0 aliphatic heterocycles. The van der Waals surface area contributed by atoms with Gasteiger partial charge >= 0.3 is 0 Å². The summed E-state index contributed by atoms with van der Waals surface area (Å²) in [6, 6.07) is 20.6. The number of fused-ring (bicyclic) bond motifs is 1. The Morgan fingerprint density at radius 3 is 2.77 bits per heavy atom. The molecule has 1 aromatic heterocycles. The number of anilines is 1. The Kier molecular flexibility index (Phi) is 6.03. The molecule has 0 saturated carbocycles. The first-order chi connectivity index (χ1) is 14.5. The van der Waals surface area contributed by atoms with Gasteiger partial charge in [-0.2, -0.15) is 0 Å². The van der Waals surface area contributed by atoms with E-state index >= 15 is 0 Å². The quantitative estimate of drug-likeness (QED) is 0.299. The van der Waals surface area contributed by atoms with Gasteiger partial charge in [-0.3, -0.25) is 4.79 Å². The number of hydrogen-bond acceptors (Lipinski definition) is 4. The molecule has 4 rings (SSSR count). The molecule has 0 saturated heterocycles. The van der Waals surface area contributed by atoms with Crippen molar-refractivity contribution in [2.24, 2.45) is 0 Å². The van der Waals surface area contributed by atoms with E-state index in [1.54, 1.807) is 12.1 Å². The molecule has 0 fully saturated rings. The van der Waals surface area contributed by atoms with E-state index in [9.17, 15) is 4.79 Å². The van der Waals surface area contributed by atoms with Gasteiger partial charge in [-0.25, -0.2) is 4.98 Å². The molecule has 1 N–H and O–H groups in total. The lowest BCUT2D eigenvalue weighted by atomic mass is 10.2. The van der Waals surface area contributed by atoms with Gasteiger partial charge < -0.3 is 14.5 Å². The Labute approximate surface area is 188 Å². The highest BCUT2D eigenvalue weighted by atomic mass is 127. The van der Waals surface area contributed by atoms with Gasteiger partial charge in [-0.1, -0.05) is 19.1 Å². The van der Waals surface area contributed by atoms with Crippen LogP contribution in [0.5, 0.6) is 5.75 Å². The number of nitrogens with one attached hydrogen (secondary N) is 1. The molecule has 1 amide bonds. The first-order valence-electron chi connectivity index (χ1n) is 9.76. The van der Waals surface area contributed by atoms with Gasteiger partial charge in [0.25, 0.3) is 5.91 Å². The fraction of sp³-hybridized carbons (Fsp3) is 0.167. The minimum absolute atomic E-state index is 0.0972. The van der Waals surface area contributed by atoms with E-state index in [4.69, 9.17) is 9.15 Å². The molecule has 1 unspecified atom stereocenters. The first-order valence-corrected chi connectivity index (χ1v) is 10.8. The van der Waals surface area contributed by atoms with Crippen molar-refractivity contribution >= 4 is 45.3 Å². The fourth-order valence-electron chi connectivity index (χ4n) is 2.98. The molecule has 0 bridgehead atoms. The zero-order valence-corrected chi connectivity index (χ0v) is 18.8. The van der Waals surface area contributed by atoms with Crippen LogP contribution in [-0.2, 0) is 0 Å². The van der Waals surface area contributed by atoms with Crippen LogP contribution < -0.4 is 10.1 Å². The third-order valence-electron chi connectivity index (χ3n) is 4.73. The summed E-state index contributed by atoms with van der Waals surface area (Å²) in [6.07, 6.45) is 0.998. The van der Waals surface area contributed by atoms with E-state index in [-0.39, 0.29) is 12.0 Å². The maximum absolute atomic E-state index is 12.7. The summed E-state index contributed by atoms with van der Waals surface area (Å²) in [5.74, 6) is 1.04. The number of ether oxygens (including phenoxy) is 1. The number of carbonyl (C=O) groups is 1. The van der Waals surface area contributed by atoms with E-state index in [0.717, 1.165) is 15.6 Å². The smallest absolute Gasteiger partial charge is 0.255 e. The number of nitrogens with zero attached hydrogens (tertiary/aromatic N) is 1. The van der Waals surface area contributed by atoms with Crippen molar-refractivity contribution in [3.63, 3.8) is 0 Å². The van der Waals surface area contributed by atoms with Crippen molar-refractivity contribution < 1.29 is 13.9 Å². The molecule has 6 heteroatoms. The number of oxazole rings is 1. The molecule has 1 atom stereocenters. The molecular weight excluding hydrogens is 491 g/mol. The van der Waals surface area contributed by atoms with Gasteiger partial charge in [-0.05, 0) is 90.5 Å². The highest BCUT2D eigenvalue weighted by Gasteiger charge is 2.12. The van der Waals surface area contributed by atoms with Crippen molar-refractivity contribution in [3.05, 3.63) is 75.9 Å². The van der Waals surface area contributed by atoms with Gasteiger partial charge in [0.05, 0.1) is 6.10 Å². The standard InChI is InChI=1S/C24H21IN2O3/c1-3-15(2)29-20-9-5-6-16(13-20)23(28)26-19-10-11-22-21(14-19)27-24(30-22)17-7-4-8-18(25)12-17/h4-15H,3H2,1-2H3,(H,26,28). The Hall–Kier alpha value is -2.87. The lowest BCUT2D eigenvalue weighted by Crippen LogP contribution is -2.13. The van der Waals surface area contributed by atoms with Crippen molar-refractivity contribution in [3.8, 4) is 17.2 Å².